The summed E-state index contributed by atoms with van der Waals surface area (Å²) in [6, 6.07) is 12.0. The third-order valence-electron chi connectivity index (χ3n) is 5.63. The molecule has 2 aliphatic rings. The van der Waals surface area contributed by atoms with Gasteiger partial charge >= 0.3 is 6.09 Å². The van der Waals surface area contributed by atoms with E-state index in [0.29, 0.717) is 12.0 Å². The number of nitrogens with zero attached hydrogens (tertiary/aromatic N) is 1. The largest absolute Gasteiger partial charge is 0.491 e. The highest BCUT2D eigenvalue weighted by atomic mass is 19.1. The minimum Gasteiger partial charge on any atom is -0.491 e. The molecule has 2 heterocycles. The van der Waals surface area contributed by atoms with E-state index in [-0.39, 0.29) is 30.5 Å². The molecule has 1 amide bonds. The zero-order valence-corrected chi connectivity index (χ0v) is 16.2. The van der Waals surface area contributed by atoms with Gasteiger partial charge in [-0.15, -0.1) is 0 Å². The molecule has 29 heavy (non-hydrogen) atoms. The molecule has 4 rings (SSSR count). The van der Waals surface area contributed by atoms with E-state index < -0.39 is 11.6 Å². The van der Waals surface area contributed by atoms with Crippen LogP contribution in [0.5, 0.6) is 5.75 Å². The van der Waals surface area contributed by atoms with Crippen molar-refractivity contribution >= 4 is 11.7 Å². The van der Waals surface area contributed by atoms with Crippen molar-refractivity contribution in [2.45, 2.75) is 44.4 Å². The molecular formula is C23H23F2NO3. The predicted octanol–water partition coefficient (Wildman–Crippen LogP) is 5.32. The van der Waals surface area contributed by atoms with Crippen LogP contribution in [0, 0.1) is 11.6 Å². The molecule has 2 aliphatic heterocycles. The van der Waals surface area contributed by atoms with Crippen molar-refractivity contribution in [1.29, 1.82) is 0 Å². The summed E-state index contributed by atoms with van der Waals surface area (Å²) in [4.78, 5) is 14.5. The molecule has 0 radical (unpaired) electrons. The lowest BCUT2D eigenvalue weighted by atomic mass is 9.83. The summed E-state index contributed by atoms with van der Waals surface area (Å²) in [6.45, 7) is 0.223. The number of hydrogen-bond donors (Lipinski definition) is 0. The van der Waals surface area contributed by atoms with Gasteiger partial charge in [-0.25, -0.2) is 13.6 Å². The maximum Gasteiger partial charge on any atom is 0.410 e. The molecule has 0 N–H and O–H groups in total. The lowest BCUT2D eigenvalue weighted by molar-refractivity contribution is 0.0510. The van der Waals surface area contributed by atoms with Crippen molar-refractivity contribution in [3.63, 3.8) is 0 Å². The fourth-order valence-corrected chi connectivity index (χ4v) is 4.26. The first-order chi connectivity index (χ1) is 14.1. The number of fused-ring (bicyclic) bond motifs is 2. The highest BCUT2D eigenvalue weighted by Gasteiger charge is 2.38. The second kappa shape index (κ2) is 8.23. The summed E-state index contributed by atoms with van der Waals surface area (Å²) in [5, 5.41) is 0. The molecule has 2 aromatic carbocycles. The van der Waals surface area contributed by atoms with Crippen molar-refractivity contribution in [2.24, 2.45) is 0 Å². The van der Waals surface area contributed by atoms with E-state index in [2.05, 4.69) is 0 Å². The fraction of sp³-hybridized carbons (Fsp3) is 0.348. The first-order valence-electron chi connectivity index (χ1n) is 9.80. The van der Waals surface area contributed by atoms with Crippen LogP contribution in [0.3, 0.4) is 0 Å². The lowest BCUT2D eigenvalue weighted by Gasteiger charge is -2.44. The minimum absolute atomic E-state index is 0.0368. The Kier molecular flexibility index (Phi) is 5.51. The molecule has 2 aromatic rings. The van der Waals surface area contributed by atoms with E-state index in [9.17, 15) is 13.6 Å². The number of rotatable bonds is 4. The third kappa shape index (κ3) is 3.97. The molecule has 0 spiro atoms. The normalized spacial score (nSPS) is 20.8. The first-order valence-corrected chi connectivity index (χ1v) is 9.80. The van der Waals surface area contributed by atoms with Crippen LogP contribution in [0.25, 0.3) is 5.57 Å². The lowest BCUT2D eigenvalue weighted by Crippen LogP contribution is -2.51. The Morgan fingerprint density at radius 2 is 1.86 bits per heavy atom. The number of hydrogen-bond acceptors (Lipinski definition) is 3. The molecule has 0 aromatic heterocycles. The molecule has 2 unspecified atom stereocenters. The van der Waals surface area contributed by atoms with Crippen LogP contribution in [-0.4, -0.2) is 30.2 Å². The van der Waals surface area contributed by atoms with Crippen LogP contribution in [-0.2, 0) is 11.3 Å². The molecular weight excluding hydrogens is 376 g/mol. The highest BCUT2D eigenvalue weighted by Crippen LogP contribution is 2.38. The number of piperidine rings is 1. The predicted molar refractivity (Wildman–Crippen MR) is 105 cm³/mol. The summed E-state index contributed by atoms with van der Waals surface area (Å²) in [7, 11) is 1.24. The number of carbonyl (C=O) groups excluding carboxylic acids is 1. The Morgan fingerprint density at radius 1 is 1.14 bits per heavy atom. The number of amides is 1. The van der Waals surface area contributed by atoms with Gasteiger partial charge in [0.05, 0.1) is 13.2 Å². The van der Waals surface area contributed by atoms with E-state index in [0.717, 1.165) is 30.4 Å². The number of halogens is 2. The van der Waals surface area contributed by atoms with E-state index >= 15 is 0 Å². The van der Waals surface area contributed by atoms with Gasteiger partial charge in [0.2, 0.25) is 0 Å². The van der Waals surface area contributed by atoms with Gasteiger partial charge in [0.25, 0.3) is 0 Å². The second-order valence-electron chi connectivity index (χ2n) is 7.47. The molecule has 0 saturated carbocycles. The summed E-state index contributed by atoms with van der Waals surface area (Å²) in [5.41, 5.74) is 2.28. The van der Waals surface area contributed by atoms with Gasteiger partial charge < -0.3 is 9.47 Å². The number of benzene rings is 2. The smallest absolute Gasteiger partial charge is 0.410 e. The molecule has 6 heteroatoms. The Labute approximate surface area is 168 Å². The Morgan fingerprint density at radius 3 is 2.52 bits per heavy atom. The number of methoxy groups -OCH3 is 1. The minimum atomic E-state index is -0.724. The number of ether oxygens (including phenoxy) is 2. The third-order valence-corrected chi connectivity index (χ3v) is 5.63. The molecule has 4 nitrogen and oxygen atoms in total. The molecule has 1 fully saturated rings. The van der Waals surface area contributed by atoms with Gasteiger partial charge in [-0.2, -0.15) is 0 Å². The van der Waals surface area contributed by atoms with Crippen molar-refractivity contribution in [2.75, 3.05) is 7.11 Å². The fourth-order valence-electron chi connectivity index (χ4n) is 4.26. The van der Waals surface area contributed by atoms with Crippen LogP contribution >= 0.6 is 0 Å². The van der Waals surface area contributed by atoms with Gasteiger partial charge in [-0.05, 0) is 54.5 Å². The quantitative estimate of drug-likeness (QED) is 0.698. The van der Waals surface area contributed by atoms with Crippen LogP contribution in [0.2, 0.25) is 0 Å². The summed E-state index contributed by atoms with van der Waals surface area (Å²) >= 11 is 0. The topological polar surface area (TPSA) is 38.8 Å². The standard InChI is InChI=1S/C23H23F2NO3/c1-28-22-20(24)12-17(13-21(22)25)16-10-18-8-5-9-19(11-16)26(18)23(27)29-14-15-6-3-2-4-7-15/h2-4,6-7,10,12-13,18-19H,5,8-9,11,14H2,1H3. The molecule has 2 bridgehead atoms. The van der Waals surface area contributed by atoms with Gasteiger partial charge in [-0.1, -0.05) is 36.4 Å². The van der Waals surface area contributed by atoms with E-state index in [1.165, 1.54) is 19.2 Å². The van der Waals surface area contributed by atoms with Crippen LogP contribution in [0.1, 0.15) is 36.8 Å². The maximum atomic E-state index is 14.1. The van der Waals surface area contributed by atoms with Crippen molar-refractivity contribution in [3.05, 3.63) is 71.3 Å². The molecule has 2 atom stereocenters. The summed E-state index contributed by atoms with van der Waals surface area (Å²) in [5.74, 6) is -1.83. The van der Waals surface area contributed by atoms with Crippen LogP contribution < -0.4 is 4.74 Å². The zero-order valence-electron chi connectivity index (χ0n) is 16.2. The van der Waals surface area contributed by atoms with Crippen LogP contribution in [0.4, 0.5) is 13.6 Å². The van der Waals surface area contributed by atoms with Crippen molar-refractivity contribution in [1.82, 2.24) is 4.90 Å². The van der Waals surface area contributed by atoms with Gasteiger partial charge in [0.15, 0.2) is 17.4 Å². The van der Waals surface area contributed by atoms with Crippen LogP contribution in [0.15, 0.2) is 48.5 Å². The highest BCUT2D eigenvalue weighted by molar-refractivity contribution is 5.74. The number of carbonyl (C=O) groups is 1. The molecule has 152 valence electrons. The van der Waals surface area contributed by atoms with Gasteiger partial charge in [0, 0.05) is 6.04 Å². The maximum absolute atomic E-state index is 14.1. The van der Waals surface area contributed by atoms with Crippen molar-refractivity contribution < 1.29 is 23.0 Å². The van der Waals surface area contributed by atoms with Gasteiger partial charge in [-0.3, -0.25) is 4.90 Å². The summed E-state index contributed by atoms with van der Waals surface area (Å²) < 4.78 is 38.6. The average molecular weight is 399 g/mol. The monoisotopic (exact) mass is 399 g/mol. The second-order valence-corrected chi connectivity index (χ2v) is 7.47. The summed E-state index contributed by atoms with van der Waals surface area (Å²) in [6.07, 6.45) is 4.80. The van der Waals surface area contributed by atoms with Crippen molar-refractivity contribution in [3.8, 4) is 5.75 Å². The Balaban J connectivity index is 1.53. The molecule has 1 saturated heterocycles. The SMILES string of the molecule is COc1c(F)cc(C2=CC3CCCC(C2)N3C(=O)OCc2ccccc2)cc1F. The average Bonchev–Trinajstić information content (AvgIpc) is 2.71. The molecule has 0 aliphatic carbocycles. The first kappa shape index (κ1) is 19.4. The Hall–Kier alpha value is -2.89. The Bertz CT molecular complexity index is 906. The van der Waals surface area contributed by atoms with E-state index in [4.69, 9.17) is 9.47 Å². The zero-order chi connectivity index (χ0) is 20.4. The van der Waals surface area contributed by atoms with E-state index in [1.54, 1.807) is 4.90 Å². The van der Waals surface area contributed by atoms with Gasteiger partial charge in [0.1, 0.15) is 6.61 Å². The van der Waals surface area contributed by atoms with E-state index in [1.807, 2.05) is 36.4 Å².